The lowest BCUT2D eigenvalue weighted by Gasteiger charge is -2.20. The Hall–Kier alpha value is -2.55. The summed E-state index contributed by atoms with van der Waals surface area (Å²) in [6.45, 7) is 4.95. The van der Waals surface area contributed by atoms with Crippen molar-refractivity contribution >= 4 is 11.9 Å². The van der Waals surface area contributed by atoms with Crippen molar-refractivity contribution in [2.24, 2.45) is 5.92 Å². The molecule has 0 saturated carbocycles. The third-order valence-corrected chi connectivity index (χ3v) is 2.78. The van der Waals surface area contributed by atoms with Crippen LogP contribution in [0.25, 0.3) is 0 Å². The van der Waals surface area contributed by atoms with Gasteiger partial charge in [0, 0.05) is 13.0 Å². The van der Waals surface area contributed by atoms with E-state index in [9.17, 15) is 9.59 Å². The number of nitrogens with one attached hydrogen (secondary N) is 1. The Morgan fingerprint density at radius 2 is 1.95 bits per heavy atom. The number of rotatable bonds is 5. The average molecular weight is 290 g/mol. The van der Waals surface area contributed by atoms with Crippen LogP contribution in [0.5, 0.6) is 11.5 Å². The minimum Gasteiger partial charge on any atom is -0.493 e. The zero-order chi connectivity index (χ0) is 16.0. The molecule has 0 bridgehead atoms. The number of ether oxygens (including phenoxy) is 2. The summed E-state index contributed by atoms with van der Waals surface area (Å²) in [6.07, 6.45) is 0. The van der Waals surface area contributed by atoms with Crippen LogP contribution in [0.1, 0.15) is 26.3 Å². The monoisotopic (exact) mass is 290 g/mol. The summed E-state index contributed by atoms with van der Waals surface area (Å²) >= 11 is 0. The molecule has 112 valence electrons. The summed E-state index contributed by atoms with van der Waals surface area (Å²) in [4.78, 5) is 23.3. The molecule has 0 saturated heterocycles. The minimum absolute atomic E-state index is 0.120. The van der Waals surface area contributed by atoms with Crippen molar-refractivity contribution < 1.29 is 19.1 Å². The number of hydrogen-bond acceptors (Lipinski definition) is 5. The zero-order valence-electron chi connectivity index (χ0n) is 12.5. The van der Waals surface area contributed by atoms with Crippen LogP contribution in [0.15, 0.2) is 18.2 Å². The van der Waals surface area contributed by atoms with Crippen molar-refractivity contribution in [3.63, 3.8) is 0 Å². The van der Waals surface area contributed by atoms with Gasteiger partial charge in [-0.25, -0.2) is 4.79 Å². The van der Waals surface area contributed by atoms with Crippen molar-refractivity contribution in [3.05, 3.63) is 23.8 Å². The largest absolute Gasteiger partial charge is 0.493 e. The fourth-order valence-electron chi connectivity index (χ4n) is 1.71. The first-order valence-corrected chi connectivity index (χ1v) is 6.46. The summed E-state index contributed by atoms with van der Waals surface area (Å²) in [6, 6.07) is 5.71. The van der Waals surface area contributed by atoms with E-state index in [1.807, 2.05) is 6.07 Å². The van der Waals surface area contributed by atoms with E-state index in [4.69, 9.17) is 14.7 Å². The maximum absolute atomic E-state index is 12.2. The lowest BCUT2D eigenvalue weighted by Crippen LogP contribution is -2.45. The number of nitriles is 1. The van der Waals surface area contributed by atoms with Crippen LogP contribution in [0.4, 0.5) is 0 Å². The third kappa shape index (κ3) is 4.49. The molecule has 0 aliphatic rings. The Morgan fingerprint density at radius 3 is 2.43 bits per heavy atom. The van der Waals surface area contributed by atoms with Crippen molar-refractivity contribution in [2.45, 2.75) is 26.8 Å². The molecular formula is C15H18N2O4. The second-order valence-electron chi connectivity index (χ2n) is 4.82. The van der Waals surface area contributed by atoms with E-state index >= 15 is 0 Å². The van der Waals surface area contributed by atoms with Crippen molar-refractivity contribution in [3.8, 4) is 17.6 Å². The van der Waals surface area contributed by atoms with Gasteiger partial charge in [0.1, 0.15) is 6.04 Å². The molecule has 0 spiro atoms. The topological polar surface area (TPSA) is 88.4 Å². The molecule has 6 nitrogen and oxygen atoms in total. The first-order valence-electron chi connectivity index (χ1n) is 6.46. The molecule has 1 N–H and O–H groups in total. The van der Waals surface area contributed by atoms with Gasteiger partial charge in [0.2, 0.25) is 5.91 Å². The molecule has 6 heteroatoms. The average Bonchev–Trinajstić information content (AvgIpc) is 2.44. The van der Waals surface area contributed by atoms with Crippen LogP contribution in [-0.4, -0.2) is 25.0 Å². The molecule has 21 heavy (non-hydrogen) atoms. The van der Waals surface area contributed by atoms with Gasteiger partial charge in [0.25, 0.3) is 0 Å². The second-order valence-corrected chi connectivity index (χ2v) is 4.82. The summed E-state index contributed by atoms with van der Waals surface area (Å²) in [5, 5.41) is 11.4. The van der Waals surface area contributed by atoms with Crippen molar-refractivity contribution in [1.82, 2.24) is 5.32 Å². The summed E-state index contributed by atoms with van der Waals surface area (Å²) in [5.74, 6) is -0.517. The van der Waals surface area contributed by atoms with E-state index in [1.54, 1.807) is 13.8 Å². The highest BCUT2D eigenvalue weighted by atomic mass is 16.6. The number of nitrogens with zero attached hydrogens (tertiary/aromatic N) is 1. The number of methoxy groups -OCH3 is 1. The van der Waals surface area contributed by atoms with Gasteiger partial charge in [-0.2, -0.15) is 5.26 Å². The fraction of sp³-hybridized carbons (Fsp3) is 0.400. The first-order chi connectivity index (χ1) is 9.88. The maximum Gasteiger partial charge on any atom is 0.334 e. The van der Waals surface area contributed by atoms with E-state index in [0.717, 1.165) is 0 Å². The Balaban J connectivity index is 2.96. The van der Waals surface area contributed by atoms with Crippen molar-refractivity contribution in [2.75, 3.05) is 7.11 Å². The van der Waals surface area contributed by atoms with E-state index < -0.39 is 12.0 Å². The van der Waals surface area contributed by atoms with Crippen LogP contribution >= 0.6 is 0 Å². The molecule has 1 amide bonds. The lowest BCUT2D eigenvalue weighted by atomic mass is 10.0. The highest BCUT2D eigenvalue weighted by Crippen LogP contribution is 2.28. The lowest BCUT2D eigenvalue weighted by molar-refractivity contribution is -0.140. The number of esters is 1. The van der Waals surface area contributed by atoms with E-state index in [-0.39, 0.29) is 23.3 Å². The van der Waals surface area contributed by atoms with Gasteiger partial charge in [-0.05, 0) is 18.1 Å². The quantitative estimate of drug-likeness (QED) is 0.657. The zero-order valence-corrected chi connectivity index (χ0v) is 12.5. The molecule has 1 unspecified atom stereocenters. The predicted octanol–water partition coefficient (Wildman–Crippen LogP) is 1.63. The van der Waals surface area contributed by atoms with Crippen LogP contribution in [0, 0.1) is 17.2 Å². The number of amides is 1. The number of carbonyl (C=O) groups is 2. The van der Waals surface area contributed by atoms with Crippen LogP contribution in [0.3, 0.4) is 0 Å². The highest BCUT2D eigenvalue weighted by molar-refractivity contribution is 5.85. The van der Waals surface area contributed by atoms with Gasteiger partial charge in [-0.3, -0.25) is 4.79 Å². The number of hydrogen-bond donors (Lipinski definition) is 1. The molecule has 0 heterocycles. The van der Waals surface area contributed by atoms with Gasteiger partial charge in [0.05, 0.1) is 18.7 Å². The molecule has 0 aliphatic heterocycles. The molecule has 1 aromatic carbocycles. The van der Waals surface area contributed by atoms with E-state index in [0.29, 0.717) is 5.56 Å². The summed E-state index contributed by atoms with van der Waals surface area (Å²) < 4.78 is 10.4. The highest BCUT2D eigenvalue weighted by Gasteiger charge is 2.26. The third-order valence-electron chi connectivity index (χ3n) is 2.78. The van der Waals surface area contributed by atoms with Crippen LogP contribution < -0.4 is 14.8 Å². The molecule has 0 aliphatic carbocycles. The summed E-state index contributed by atoms with van der Waals surface area (Å²) in [7, 11) is 1.42. The van der Waals surface area contributed by atoms with E-state index in [2.05, 4.69) is 5.32 Å². The smallest absolute Gasteiger partial charge is 0.334 e. The number of carbonyl (C=O) groups excluding carboxylic acids is 2. The molecular weight excluding hydrogens is 272 g/mol. The number of benzene rings is 1. The Kier molecular flexibility index (Phi) is 5.73. The molecule has 0 aromatic heterocycles. The maximum atomic E-state index is 12.2. The first kappa shape index (κ1) is 16.5. The van der Waals surface area contributed by atoms with Gasteiger partial charge in [-0.1, -0.05) is 13.8 Å². The predicted molar refractivity (Wildman–Crippen MR) is 75.8 cm³/mol. The molecule has 0 fully saturated rings. The Morgan fingerprint density at radius 1 is 1.29 bits per heavy atom. The van der Waals surface area contributed by atoms with Crippen LogP contribution in [0.2, 0.25) is 0 Å². The Labute approximate surface area is 123 Å². The fourth-order valence-corrected chi connectivity index (χ4v) is 1.71. The normalized spacial score (nSPS) is 11.4. The van der Waals surface area contributed by atoms with Gasteiger partial charge in [0.15, 0.2) is 11.5 Å². The van der Waals surface area contributed by atoms with Crippen LogP contribution in [-0.2, 0) is 9.59 Å². The van der Waals surface area contributed by atoms with Gasteiger partial charge in [-0.15, -0.1) is 0 Å². The molecule has 1 atom stereocenters. The summed E-state index contributed by atoms with van der Waals surface area (Å²) in [5.41, 5.74) is 0.397. The molecule has 1 rings (SSSR count). The van der Waals surface area contributed by atoms with Gasteiger partial charge >= 0.3 is 5.97 Å². The standard InChI is InChI=1S/C15H18N2O4/c1-9(2)14(17-10(3)18)15(19)21-12-6-5-11(8-16)7-13(12)20-4/h5-7,9,14H,1-4H3,(H,17,18). The Bertz CT molecular complexity index is 576. The molecule has 0 radical (unpaired) electrons. The van der Waals surface area contributed by atoms with Gasteiger partial charge < -0.3 is 14.8 Å². The minimum atomic E-state index is -0.747. The van der Waals surface area contributed by atoms with E-state index in [1.165, 1.54) is 32.2 Å². The second kappa shape index (κ2) is 7.29. The SMILES string of the molecule is COc1cc(C#N)ccc1OC(=O)C(NC(C)=O)C(C)C. The van der Waals surface area contributed by atoms with Crippen molar-refractivity contribution in [1.29, 1.82) is 5.26 Å². The molecule has 1 aromatic rings.